The maximum Gasteiger partial charge on any atom is 0.322 e. The summed E-state index contributed by atoms with van der Waals surface area (Å²) in [5.41, 5.74) is 2.75. The van der Waals surface area contributed by atoms with Gasteiger partial charge >= 0.3 is 6.03 Å². The molecular weight excluding hydrogens is 266 g/mol. The number of nitrogens with one attached hydrogen (secondary N) is 1. The SMILES string of the molecule is Cc1cc([C@@H]2CCCN2C(=O)Nc2ccccc2C)on1. The summed E-state index contributed by atoms with van der Waals surface area (Å²) in [6.45, 7) is 4.61. The largest absolute Gasteiger partial charge is 0.359 e. The van der Waals surface area contributed by atoms with E-state index in [9.17, 15) is 4.79 Å². The van der Waals surface area contributed by atoms with Crippen LogP contribution in [-0.2, 0) is 0 Å². The first kappa shape index (κ1) is 13.7. The minimum Gasteiger partial charge on any atom is -0.359 e. The van der Waals surface area contributed by atoms with Crippen molar-refractivity contribution in [2.45, 2.75) is 32.7 Å². The number of carbonyl (C=O) groups is 1. The standard InChI is InChI=1S/C16H19N3O2/c1-11-6-3-4-7-13(11)17-16(20)19-9-5-8-14(19)15-10-12(2)18-21-15/h3-4,6-7,10,14H,5,8-9H2,1-2H3,(H,17,20)/t14-/m0/s1. The van der Waals surface area contributed by atoms with E-state index in [1.165, 1.54) is 0 Å². The summed E-state index contributed by atoms with van der Waals surface area (Å²) in [5.74, 6) is 0.768. The van der Waals surface area contributed by atoms with Gasteiger partial charge in [0.05, 0.1) is 11.7 Å². The predicted octanol–water partition coefficient (Wildman–Crippen LogP) is 3.66. The van der Waals surface area contributed by atoms with E-state index in [1.807, 2.05) is 49.1 Å². The molecule has 2 aromatic rings. The van der Waals surface area contributed by atoms with Gasteiger partial charge in [-0.3, -0.25) is 0 Å². The number of likely N-dealkylation sites (tertiary alicyclic amines) is 1. The van der Waals surface area contributed by atoms with Crippen molar-refractivity contribution in [1.29, 1.82) is 0 Å². The van der Waals surface area contributed by atoms with Crippen LogP contribution in [0.15, 0.2) is 34.9 Å². The molecular formula is C16H19N3O2. The lowest BCUT2D eigenvalue weighted by Crippen LogP contribution is -2.34. The fourth-order valence-corrected chi connectivity index (χ4v) is 2.75. The van der Waals surface area contributed by atoms with E-state index in [2.05, 4.69) is 10.5 Å². The van der Waals surface area contributed by atoms with Crippen molar-refractivity contribution in [2.24, 2.45) is 0 Å². The van der Waals surface area contributed by atoms with Crippen molar-refractivity contribution in [3.8, 4) is 0 Å². The fourth-order valence-electron chi connectivity index (χ4n) is 2.75. The molecule has 5 heteroatoms. The van der Waals surface area contributed by atoms with Crippen LogP contribution in [-0.4, -0.2) is 22.6 Å². The van der Waals surface area contributed by atoms with E-state index in [0.29, 0.717) is 0 Å². The zero-order chi connectivity index (χ0) is 14.8. The highest BCUT2D eigenvalue weighted by atomic mass is 16.5. The molecule has 21 heavy (non-hydrogen) atoms. The Hall–Kier alpha value is -2.30. The number of para-hydroxylation sites is 1. The lowest BCUT2D eigenvalue weighted by molar-refractivity contribution is 0.195. The topological polar surface area (TPSA) is 58.4 Å². The molecule has 2 heterocycles. The van der Waals surface area contributed by atoms with Gasteiger partial charge in [-0.1, -0.05) is 23.4 Å². The number of aromatic nitrogens is 1. The van der Waals surface area contributed by atoms with E-state index in [4.69, 9.17) is 4.52 Å². The smallest absolute Gasteiger partial charge is 0.322 e. The van der Waals surface area contributed by atoms with Crippen molar-refractivity contribution in [3.63, 3.8) is 0 Å². The average molecular weight is 285 g/mol. The van der Waals surface area contributed by atoms with Crippen LogP contribution in [0, 0.1) is 13.8 Å². The van der Waals surface area contributed by atoms with Crippen LogP contribution >= 0.6 is 0 Å². The Balaban J connectivity index is 1.76. The maximum atomic E-state index is 12.5. The molecule has 0 bridgehead atoms. The Morgan fingerprint density at radius 3 is 2.90 bits per heavy atom. The van der Waals surface area contributed by atoms with Crippen molar-refractivity contribution < 1.29 is 9.32 Å². The lowest BCUT2D eigenvalue weighted by atomic mass is 10.1. The third-order valence-electron chi connectivity index (χ3n) is 3.87. The highest BCUT2D eigenvalue weighted by Crippen LogP contribution is 2.32. The first-order chi connectivity index (χ1) is 10.1. The Morgan fingerprint density at radius 2 is 2.19 bits per heavy atom. The van der Waals surface area contributed by atoms with Crippen molar-refractivity contribution >= 4 is 11.7 Å². The summed E-state index contributed by atoms with van der Waals surface area (Å²) in [4.78, 5) is 14.3. The normalized spacial score (nSPS) is 18.0. The number of amides is 2. The molecule has 1 saturated heterocycles. The number of aryl methyl sites for hydroxylation is 2. The Bertz CT molecular complexity index is 650. The number of benzene rings is 1. The molecule has 0 spiro atoms. The fraction of sp³-hybridized carbons (Fsp3) is 0.375. The van der Waals surface area contributed by atoms with Gasteiger partial charge in [0, 0.05) is 18.3 Å². The van der Waals surface area contributed by atoms with Gasteiger partial charge in [0.25, 0.3) is 0 Å². The second-order valence-electron chi connectivity index (χ2n) is 5.47. The molecule has 1 atom stereocenters. The molecule has 0 aliphatic carbocycles. The van der Waals surface area contributed by atoms with Crippen molar-refractivity contribution in [1.82, 2.24) is 10.1 Å². The highest BCUT2D eigenvalue weighted by molar-refractivity contribution is 5.90. The monoisotopic (exact) mass is 285 g/mol. The molecule has 0 saturated carbocycles. The first-order valence-corrected chi connectivity index (χ1v) is 7.21. The molecule has 1 aromatic heterocycles. The molecule has 1 aromatic carbocycles. The summed E-state index contributed by atoms with van der Waals surface area (Å²) in [7, 11) is 0. The lowest BCUT2D eigenvalue weighted by Gasteiger charge is -2.23. The van der Waals surface area contributed by atoms with E-state index in [1.54, 1.807) is 0 Å². The van der Waals surface area contributed by atoms with Crippen LogP contribution in [0.4, 0.5) is 10.5 Å². The zero-order valence-electron chi connectivity index (χ0n) is 12.3. The summed E-state index contributed by atoms with van der Waals surface area (Å²) in [5, 5.41) is 6.90. The summed E-state index contributed by atoms with van der Waals surface area (Å²) in [6, 6.07) is 9.58. The first-order valence-electron chi connectivity index (χ1n) is 7.21. The second kappa shape index (κ2) is 5.60. The van der Waals surface area contributed by atoms with Gasteiger partial charge in [0.15, 0.2) is 5.76 Å². The van der Waals surface area contributed by atoms with Gasteiger partial charge in [-0.2, -0.15) is 0 Å². The van der Waals surface area contributed by atoms with Crippen molar-refractivity contribution in [3.05, 3.63) is 47.3 Å². The van der Waals surface area contributed by atoms with E-state index < -0.39 is 0 Å². The highest BCUT2D eigenvalue weighted by Gasteiger charge is 2.32. The molecule has 0 unspecified atom stereocenters. The Labute approximate surface area is 123 Å². The average Bonchev–Trinajstić information content (AvgIpc) is 3.09. The summed E-state index contributed by atoms with van der Waals surface area (Å²) in [6.07, 6.45) is 1.89. The Morgan fingerprint density at radius 1 is 1.38 bits per heavy atom. The minimum atomic E-state index is -0.0825. The third kappa shape index (κ3) is 2.77. The quantitative estimate of drug-likeness (QED) is 0.916. The predicted molar refractivity (Wildman–Crippen MR) is 80.1 cm³/mol. The molecule has 1 aliphatic rings. The number of hydrogen-bond donors (Lipinski definition) is 1. The molecule has 1 N–H and O–H groups in total. The van der Waals surface area contributed by atoms with Gasteiger partial charge in [-0.05, 0) is 38.3 Å². The van der Waals surface area contributed by atoms with E-state index in [-0.39, 0.29) is 12.1 Å². The van der Waals surface area contributed by atoms with Crippen LogP contribution in [0.5, 0.6) is 0 Å². The number of urea groups is 1. The molecule has 3 rings (SSSR count). The molecule has 110 valence electrons. The summed E-state index contributed by atoms with van der Waals surface area (Å²) >= 11 is 0. The Kier molecular flexibility index (Phi) is 3.64. The van der Waals surface area contributed by atoms with Gasteiger partial charge in [-0.15, -0.1) is 0 Å². The van der Waals surface area contributed by atoms with Gasteiger partial charge in [0.1, 0.15) is 0 Å². The zero-order valence-corrected chi connectivity index (χ0v) is 12.3. The third-order valence-corrected chi connectivity index (χ3v) is 3.87. The van der Waals surface area contributed by atoms with Crippen LogP contribution in [0.2, 0.25) is 0 Å². The molecule has 1 aliphatic heterocycles. The van der Waals surface area contributed by atoms with Crippen molar-refractivity contribution in [2.75, 3.05) is 11.9 Å². The number of carbonyl (C=O) groups excluding carboxylic acids is 1. The molecule has 2 amide bonds. The maximum absolute atomic E-state index is 12.5. The molecule has 1 fully saturated rings. The van der Waals surface area contributed by atoms with Gasteiger partial charge in [-0.25, -0.2) is 4.79 Å². The second-order valence-corrected chi connectivity index (χ2v) is 5.47. The van der Waals surface area contributed by atoms with Crippen LogP contribution in [0.3, 0.4) is 0 Å². The summed E-state index contributed by atoms with van der Waals surface area (Å²) < 4.78 is 5.33. The van der Waals surface area contributed by atoms with Crippen LogP contribution < -0.4 is 5.32 Å². The van der Waals surface area contributed by atoms with Crippen LogP contribution in [0.25, 0.3) is 0 Å². The minimum absolute atomic E-state index is 0.0183. The van der Waals surface area contributed by atoms with E-state index in [0.717, 1.165) is 42.1 Å². The number of anilines is 1. The molecule has 0 radical (unpaired) electrons. The molecule has 5 nitrogen and oxygen atoms in total. The van der Waals surface area contributed by atoms with Gasteiger partial charge in [0.2, 0.25) is 0 Å². The van der Waals surface area contributed by atoms with Gasteiger partial charge < -0.3 is 14.7 Å². The van der Waals surface area contributed by atoms with E-state index >= 15 is 0 Å². The number of hydrogen-bond acceptors (Lipinski definition) is 3. The van der Waals surface area contributed by atoms with Crippen LogP contribution in [0.1, 0.15) is 35.9 Å². The number of nitrogens with zero attached hydrogens (tertiary/aromatic N) is 2. The number of rotatable bonds is 2.